The predicted molar refractivity (Wildman–Crippen MR) is 40.7 cm³/mol. The number of fused-ring (bicyclic) bond motifs is 1. The lowest BCUT2D eigenvalue weighted by molar-refractivity contribution is 0.140. The molecule has 1 nitrogen and oxygen atoms in total. The molecule has 0 radical (unpaired) electrons. The van der Waals surface area contributed by atoms with Gasteiger partial charge in [-0.15, -0.1) is 0 Å². The van der Waals surface area contributed by atoms with Gasteiger partial charge < -0.3 is 5.11 Å². The van der Waals surface area contributed by atoms with Gasteiger partial charge in [0, 0.05) is 6.61 Å². The fourth-order valence-corrected chi connectivity index (χ4v) is 2.75. The molecule has 0 saturated heterocycles. The molecule has 2 rings (SSSR count). The zero-order valence-corrected chi connectivity index (χ0v) is 6.69. The van der Waals surface area contributed by atoms with Crippen molar-refractivity contribution in [2.24, 2.45) is 10.8 Å². The smallest absolute Gasteiger partial charge is 0.0492 e. The minimum Gasteiger partial charge on any atom is -0.396 e. The van der Waals surface area contributed by atoms with E-state index < -0.39 is 0 Å². The summed E-state index contributed by atoms with van der Waals surface area (Å²) < 4.78 is 0. The Hall–Kier alpha value is -0.0400. The lowest BCUT2D eigenvalue weighted by Gasteiger charge is -2.25. The molecule has 58 valence electrons. The summed E-state index contributed by atoms with van der Waals surface area (Å²) in [7, 11) is 0. The highest BCUT2D eigenvalue weighted by Gasteiger charge is 2.63. The van der Waals surface area contributed by atoms with Gasteiger partial charge in [-0.1, -0.05) is 19.8 Å². The minimum atomic E-state index is 0.380. The summed E-state index contributed by atoms with van der Waals surface area (Å²) in [6.07, 6.45) is 6.65. The van der Waals surface area contributed by atoms with E-state index >= 15 is 0 Å². The Morgan fingerprint density at radius 3 is 2.50 bits per heavy atom. The van der Waals surface area contributed by atoms with Crippen LogP contribution in [0.25, 0.3) is 0 Å². The molecular weight excluding hydrogens is 124 g/mol. The van der Waals surface area contributed by atoms with Crippen molar-refractivity contribution in [1.29, 1.82) is 0 Å². The second kappa shape index (κ2) is 1.76. The fraction of sp³-hybridized carbons (Fsp3) is 1.00. The third-order valence-corrected chi connectivity index (χ3v) is 3.82. The van der Waals surface area contributed by atoms with Gasteiger partial charge in [-0.3, -0.25) is 0 Å². The molecule has 2 fully saturated rings. The third-order valence-electron chi connectivity index (χ3n) is 3.82. The van der Waals surface area contributed by atoms with Crippen molar-refractivity contribution in [3.63, 3.8) is 0 Å². The van der Waals surface area contributed by atoms with Crippen LogP contribution in [-0.4, -0.2) is 11.7 Å². The van der Waals surface area contributed by atoms with Crippen LogP contribution in [0.15, 0.2) is 0 Å². The summed E-state index contributed by atoms with van der Waals surface area (Å²) in [6, 6.07) is 0. The molecule has 0 spiro atoms. The summed E-state index contributed by atoms with van der Waals surface area (Å²) in [5.74, 6) is 0. The quantitative estimate of drug-likeness (QED) is 0.590. The topological polar surface area (TPSA) is 20.2 Å². The summed E-state index contributed by atoms with van der Waals surface area (Å²) in [4.78, 5) is 0. The second-order valence-corrected chi connectivity index (χ2v) is 4.38. The van der Waals surface area contributed by atoms with Gasteiger partial charge in [0.1, 0.15) is 0 Å². The number of aliphatic hydroxyl groups excluding tert-OH is 1. The van der Waals surface area contributed by atoms with E-state index in [1.165, 1.54) is 32.1 Å². The van der Waals surface area contributed by atoms with E-state index in [-0.39, 0.29) is 0 Å². The highest BCUT2D eigenvalue weighted by atomic mass is 16.3. The molecule has 0 unspecified atom stereocenters. The summed E-state index contributed by atoms with van der Waals surface area (Å²) in [5.41, 5.74) is 0.922. The zero-order chi connectivity index (χ0) is 7.24. The Bertz CT molecular complexity index is 151. The SMILES string of the molecule is C[C@]12CCCC[C@@]1(CO)C2. The first kappa shape index (κ1) is 6.66. The molecule has 0 amide bonds. The summed E-state index contributed by atoms with van der Waals surface area (Å²) in [5, 5.41) is 9.16. The van der Waals surface area contributed by atoms with Crippen LogP contribution in [0.3, 0.4) is 0 Å². The van der Waals surface area contributed by atoms with Gasteiger partial charge in [0.25, 0.3) is 0 Å². The molecule has 2 atom stereocenters. The first-order valence-electron chi connectivity index (χ1n) is 4.33. The van der Waals surface area contributed by atoms with E-state index in [2.05, 4.69) is 6.92 Å². The lowest BCUT2D eigenvalue weighted by atomic mass is 9.81. The van der Waals surface area contributed by atoms with Crippen LogP contribution in [-0.2, 0) is 0 Å². The maximum atomic E-state index is 9.16. The van der Waals surface area contributed by atoms with E-state index in [9.17, 15) is 0 Å². The molecule has 0 bridgehead atoms. The summed E-state index contributed by atoms with van der Waals surface area (Å²) >= 11 is 0. The monoisotopic (exact) mass is 140 g/mol. The molecule has 10 heavy (non-hydrogen) atoms. The van der Waals surface area contributed by atoms with Crippen molar-refractivity contribution >= 4 is 0 Å². The van der Waals surface area contributed by atoms with E-state index in [4.69, 9.17) is 5.11 Å². The number of hydrogen-bond donors (Lipinski definition) is 1. The number of rotatable bonds is 1. The van der Waals surface area contributed by atoms with Gasteiger partial charge in [0.2, 0.25) is 0 Å². The molecular formula is C9H16O. The Morgan fingerprint density at radius 2 is 2.00 bits per heavy atom. The molecule has 2 aliphatic rings. The van der Waals surface area contributed by atoms with E-state index in [1.54, 1.807) is 0 Å². The molecule has 2 aliphatic carbocycles. The standard InChI is InChI=1S/C9H16O/c1-8-4-2-3-5-9(8,6-8)7-10/h10H,2-7H2,1H3/t8-,9+/m1/s1. The number of hydrogen-bond acceptors (Lipinski definition) is 1. The second-order valence-electron chi connectivity index (χ2n) is 4.38. The van der Waals surface area contributed by atoms with Crippen molar-refractivity contribution in [3.8, 4) is 0 Å². The molecule has 0 aromatic rings. The van der Waals surface area contributed by atoms with Gasteiger partial charge in [0.15, 0.2) is 0 Å². The highest BCUT2D eigenvalue weighted by Crippen LogP contribution is 2.70. The van der Waals surface area contributed by atoms with Crippen LogP contribution in [0.4, 0.5) is 0 Å². The molecule has 1 heteroatoms. The van der Waals surface area contributed by atoms with Gasteiger partial charge in [-0.2, -0.15) is 0 Å². The largest absolute Gasteiger partial charge is 0.396 e. The van der Waals surface area contributed by atoms with Crippen LogP contribution < -0.4 is 0 Å². The van der Waals surface area contributed by atoms with Crippen LogP contribution in [0.5, 0.6) is 0 Å². The molecule has 0 aromatic heterocycles. The average molecular weight is 140 g/mol. The lowest BCUT2D eigenvalue weighted by Crippen LogP contribution is -2.19. The Balaban J connectivity index is 2.13. The fourth-order valence-electron chi connectivity index (χ4n) is 2.75. The normalized spacial score (nSPS) is 52.2. The van der Waals surface area contributed by atoms with Crippen molar-refractivity contribution in [2.75, 3.05) is 6.61 Å². The van der Waals surface area contributed by atoms with E-state index in [1.807, 2.05) is 0 Å². The first-order valence-corrected chi connectivity index (χ1v) is 4.33. The Kier molecular flexibility index (Phi) is 1.17. The molecule has 0 aliphatic heterocycles. The van der Waals surface area contributed by atoms with Crippen LogP contribution in [0, 0.1) is 10.8 Å². The first-order chi connectivity index (χ1) is 4.72. The molecule has 2 saturated carbocycles. The zero-order valence-electron chi connectivity index (χ0n) is 6.69. The molecule has 1 N–H and O–H groups in total. The highest BCUT2D eigenvalue weighted by molar-refractivity contribution is 5.13. The van der Waals surface area contributed by atoms with Crippen LogP contribution >= 0.6 is 0 Å². The Labute approximate surface area is 62.4 Å². The third kappa shape index (κ3) is 0.619. The summed E-state index contributed by atoms with van der Waals surface area (Å²) in [6.45, 7) is 2.77. The van der Waals surface area contributed by atoms with Gasteiger partial charge in [-0.25, -0.2) is 0 Å². The van der Waals surface area contributed by atoms with Crippen LogP contribution in [0.2, 0.25) is 0 Å². The van der Waals surface area contributed by atoms with Crippen molar-refractivity contribution in [1.82, 2.24) is 0 Å². The van der Waals surface area contributed by atoms with Gasteiger partial charge in [-0.05, 0) is 30.1 Å². The molecule has 0 aromatic carbocycles. The maximum Gasteiger partial charge on any atom is 0.0492 e. The van der Waals surface area contributed by atoms with Crippen LogP contribution in [0.1, 0.15) is 39.0 Å². The van der Waals surface area contributed by atoms with Crippen molar-refractivity contribution < 1.29 is 5.11 Å². The van der Waals surface area contributed by atoms with E-state index in [0.717, 1.165) is 0 Å². The van der Waals surface area contributed by atoms with Crippen molar-refractivity contribution in [2.45, 2.75) is 39.0 Å². The maximum absolute atomic E-state index is 9.16. The minimum absolute atomic E-state index is 0.380. The predicted octanol–water partition coefficient (Wildman–Crippen LogP) is 1.95. The van der Waals surface area contributed by atoms with Gasteiger partial charge >= 0.3 is 0 Å². The van der Waals surface area contributed by atoms with Crippen molar-refractivity contribution in [3.05, 3.63) is 0 Å². The number of aliphatic hydroxyl groups is 1. The molecule has 0 heterocycles. The average Bonchev–Trinajstić information content (AvgIpc) is 2.56. The van der Waals surface area contributed by atoms with E-state index in [0.29, 0.717) is 17.4 Å². The van der Waals surface area contributed by atoms with Gasteiger partial charge in [0.05, 0.1) is 0 Å². The Morgan fingerprint density at radius 1 is 1.30 bits per heavy atom.